The van der Waals surface area contributed by atoms with Gasteiger partial charge in [-0.3, -0.25) is 14.0 Å². The predicted octanol–water partition coefficient (Wildman–Crippen LogP) is 2.18. The zero-order chi connectivity index (χ0) is 16.3. The molecule has 2 rings (SSSR count). The van der Waals surface area contributed by atoms with Gasteiger partial charge in [0, 0.05) is 25.9 Å². The Morgan fingerprint density at radius 2 is 2.23 bits per heavy atom. The average molecular weight is 322 g/mol. The van der Waals surface area contributed by atoms with Gasteiger partial charge in [0.2, 0.25) is 5.91 Å². The van der Waals surface area contributed by atoms with Crippen molar-refractivity contribution in [3.8, 4) is 0 Å². The predicted molar refractivity (Wildman–Crippen MR) is 83.7 cm³/mol. The minimum absolute atomic E-state index is 0.138. The summed E-state index contributed by atoms with van der Waals surface area (Å²) in [5.41, 5.74) is 1.29. The Balaban J connectivity index is 2.15. The highest BCUT2D eigenvalue weighted by molar-refractivity contribution is 6.31. The van der Waals surface area contributed by atoms with E-state index < -0.39 is 11.9 Å². The second kappa shape index (κ2) is 6.62. The van der Waals surface area contributed by atoms with Gasteiger partial charge < -0.3 is 10.0 Å². The normalized spacial score (nSPS) is 12.7. The largest absolute Gasteiger partial charge is 0.481 e. The molecule has 0 aromatic carbocycles. The summed E-state index contributed by atoms with van der Waals surface area (Å²) in [7, 11) is 1.56. The Kier molecular flexibility index (Phi) is 4.82. The summed E-state index contributed by atoms with van der Waals surface area (Å²) in [6.45, 7) is 1.69. The van der Waals surface area contributed by atoms with Crippen LogP contribution in [-0.2, 0) is 9.59 Å². The molecule has 2 aromatic rings. The van der Waals surface area contributed by atoms with E-state index >= 15 is 0 Å². The number of carboxylic acids is 1. The van der Waals surface area contributed by atoms with Gasteiger partial charge in [-0.1, -0.05) is 24.6 Å². The van der Waals surface area contributed by atoms with Gasteiger partial charge >= 0.3 is 5.97 Å². The molecule has 22 heavy (non-hydrogen) atoms. The Morgan fingerprint density at radius 3 is 2.91 bits per heavy atom. The lowest BCUT2D eigenvalue weighted by atomic mass is 10.2. The van der Waals surface area contributed by atoms with Crippen LogP contribution in [0.3, 0.4) is 0 Å². The highest BCUT2D eigenvalue weighted by atomic mass is 35.5. The molecule has 7 heteroatoms. The van der Waals surface area contributed by atoms with E-state index in [0.29, 0.717) is 16.5 Å². The number of amides is 1. The highest BCUT2D eigenvalue weighted by Crippen LogP contribution is 2.18. The third kappa shape index (κ3) is 3.46. The standard InChI is InChI=1S/C15H16ClN3O3/c1-10(15(21)22)9-18(2)13(20)7-6-11-14(16)17-12-5-3-4-8-19(11)12/h3-8,10H,9H2,1-2H3,(H,21,22)/b7-6+. The lowest BCUT2D eigenvalue weighted by Crippen LogP contribution is -2.32. The maximum atomic E-state index is 12.0. The zero-order valence-corrected chi connectivity index (χ0v) is 13.0. The van der Waals surface area contributed by atoms with Gasteiger partial charge in [-0.2, -0.15) is 0 Å². The van der Waals surface area contributed by atoms with Crippen LogP contribution in [0.4, 0.5) is 0 Å². The van der Waals surface area contributed by atoms with Crippen LogP contribution in [0.1, 0.15) is 12.6 Å². The maximum absolute atomic E-state index is 12.0. The minimum Gasteiger partial charge on any atom is -0.481 e. The van der Waals surface area contributed by atoms with Crippen LogP contribution in [0.15, 0.2) is 30.5 Å². The molecular weight excluding hydrogens is 306 g/mol. The first-order chi connectivity index (χ1) is 10.4. The molecule has 0 radical (unpaired) electrons. The number of likely N-dealkylation sites (N-methyl/N-ethyl adjacent to an activating group) is 1. The van der Waals surface area contributed by atoms with Gasteiger partial charge in [-0.15, -0.1) is 0 Å². The number of rotatable bonds is 5. The number of carboxylic acid groups (broad SMARTS) is 1. The molecule has 0 saturated heterocycles. The summed E-state index contributed by atoms with van der Waals surface area (Å²) in [5, 5.41) is 9.17. The fraction of sp³-hybridized carbons (Fsp3) is 0.267. The van der Waals surface area contributed by atoms with Crippen molar-refractivity contribution in [2.24, 2.45) is 5.92 Å². The van der Waals surface area contributed by atoms with Crippen molar-refractivity contribution in [3.05, 3.63) is 41.3 Å². The fourth-order valence-electron chi connectivity index (χ4n) is 1.99. The summed E-state index contributed by atoms with van der Waals surface area (Å²) >= 11 is 6.07. The number of nitrogens with zero attached hydrogens (tertiary/aromatic N) is 3. The second-order valence-electron chi connectivity index (χ2n) is 5.01. The summed E-state index contributed by atoms with van der Waals surface area (Å²) in [6, 6.07) is 5.49. The van der Waals surface area contributed by atoms with Gasteiger partial charge in [0.25, 0.3) is 0 Å². The number of aliphatic carboxylic acids is 1. The molecule has 1 N–H and O–H groups in total. The summed E-state index contributed by atoms with van der Waals surface area (Å²) < 4.78 is 1.77. The molecule has 1 atom stereocenters. The molecule has 1 amide bonds. The first kappa shape index (κ1) is 16.0. The molecule has 0 aliphatic carbocycles. The highest BCUT2D eigenvalue weighted by Gasteiger charge is 2.16. The van der Waals surface area contributed by atoms with Gasteiger partial charge in [0.1, 0.15) is 5.65 Å². The summed E-state index contributed by atoms with van der Waals surface area (Å²) in [6.07, 6.45) is 4.73. The van der Waals surface area contributed by atoms with Crippen molar-refractivity contribution in [2.75, 3.05) is 13.6 Å². The molecule has 0 aliphatic rings. The van der Waals surface area contributed by atoms with Gasteiger partial charge in [-0.25, -0.2) is 4.98 Å². The fourth-order valence-corrected chi connectivity index (χ4v) is 2.23. The molecule has 2 heterocycles. The molecule has 2 aromatic heterocycles. The SMILES string of the molecule is CC(CN(C)C(=O)/C=C/c1c(Cl)nc2ccccn12)C(=O)O. The van der Waals surface area contributed by atoms with Crippen molar-refractivity contribution >= 4 is 35.2 Å². The van der Waals surface area contributed by atoms with Crippen LogP contribution in [-0.4, -0.2) is 44.9 Å². The number of halogens is 1. The molecule has 0 saturated carbocycles. The van der Waals surface area contributed by atoms with E-state index in [1.807, 2.05) is 18.2 Å². The van der Waals surface area contributed by atoms with Gasteiger partial charge in [0.15, 0.2) is 5.15 Å². The topological polar surface area (TPSA) is 74.9 Å². The van der Waals surface area contributed by atoms with E-state index in [1.54, 1.807) is 30.6 Å². The van der Waals surface area contributed by atoms with E-state index in [-0.39, 0.29) is 12.5 Å². The van der Waals surface area contributed by atoms with Crippen molar-refractivity contribution in [1.82, 2.24) is 14.3 Å². The van der Waals surface area contributed by atoms with Crippen LogP contribution in [0.25, 0.3) is 11.7 Å². The molecular formula is C15H16ClN3O3. The van der Waals surface area contributed by atoms with Crippen molar-refractivity contribution in [3.63, 3.8) is 0 Å². The van der Waals surface area contributed by atoms with E-state index in [2.05, 4.69) is 4.98 Å². The van der Waals surface area contributed by atoms with E-state index in [1.165, 1.54) is 11.0 Å². The van der Waals surface area contributed by atoms with Crippen LogP contribution >= 0.6 is 11.6 Å². The number of pyridine rings is 1. The first-order valence-electron chi connectivity index (χ1n) is 6.68. The summed E-state index contributed by atoms with van der Waals surface area (Å²) in [4.78, 5) is 28.4. The van der Waals surface area contributed by atoms with Crippen LogP contribution < -0.4 is 0 Å². The number of carbonyl (C=O) groups is 2. The number of hydrogen-bond donors (Lipinski definition) is 1. The third-order valence-electron chi connectivity index (χ3n) is 3.25. The van der Waals surface area contributed by atoms with Crippen molar-refractivity contribution < 1.29 is 14.7 Å². The first-order valence-corrected chi connectivity index (χ1v) is 7.06. The van der Waals surface area contributed by atoms with Crippen molar-refractivity contribution in [1.29, 1.82) is 0 Å². The molecule has 116 valence electrons. The smallest absolute Gasteiger partial charge is 0.308 e. The lowest BCUT2D eigenvalue weighted by Gasteiger charge is -2.17. The molecule has 0 fully saturated rings. The van der Waals surface area contributed by atoms with Gasteiger partial charge in [-0.05, 0) is 18.2 Å². The van der Waals surface area contributed by atoms with Crippen LogP contribution in [0, 0.1) is 5.92 Å². The van der Waals surface area contributed by atoms with E-state index in [4.69, 9.17) is 16.7 Å². The monoisotopic (exact) mass is 321 g/mol. The Labute approximate surface area is 132 Å². The minimum atomic E-state index is -0.937. The number of imidazole rings is 1. The average Bonchev–Trinajstić information content (AvgIpc) is 2.79. The second-order valence-corrected chi connectivity index (χ2v) is 5.37. The number of aromatic nitrogens is 2. The number of carbonyl (C=O) groups excluding carboxylic acids is 1. The molecule has 1 unspecified atom stereocenters. The molecule has 0 aliphatic heterocycles. The van der Waals surface area contributed by atoms with Crippen LogP contribution in [0.2, 0.25) is 5.15 Å². The Morgan fingerprint density at radius 1 is 1.50 bits per heavy atom. The number of hydrogen-bond acceptors (Lipinski definition) is 3. The lowest BCUT2D eigenvalue weighted by molar-refractivity contribution is -0.142. The zero-order valence-electron chi connectivity index (χ0n) is 12.2. The molecule has 0 bridgehead atoms. The Bertz CT molecular complexity index is 739. The quantitative estimate of drug-likeness (QED) is 0.856. The van der Waals surface area contributed by atoms with Gasteiger partial charge in [0.05, 0.1) is 11.6 Å². The Hall–Kier alpha value is -2.34. The number of fused-ring (bicyclic) bond motifs is 1. The van der Waals surface area contributed by atoms with E-state index in [9.17, 15) is 9.59 Å². The summed E-state index contributed by atoms with van der Waals surface area (Å²) in [5.74, 6) is -1.86. The third-order valence-corrected chi connectivity index (χ3v) is 3.53. The van der Waals surface area contributed by atoms with Crippen LogP contribution in [0.5, 0.6) is 0 Å². The maximum Gasteiger partial charge on any atom is 0.308 e. The molecule has 6 nitrogen and oxygen atoms in total. The van der Waals surface area contributed by atoms with Crippen molar-refractivity contribution in [2.45, 2.75) is 6.92 Å². The van der Waals surface area contributed by atoms with E-state index in [0.717, 1.165) is 0 Å². The molecule has 0 spiro atoms.